The Balaban J connectivity index is 2.33. The highest BCUT2D eigenvalue weighted by Gasteiger charge is 2.16. The number of halogens is 1. The molecule has 0 atom stereocenters. The van der Waals surface area contributed by atoms with Gasteiger partial charge in [0.25, 0.3) is 5.91 Å². The third-order valence-corrected chi connectivity index (χ3v) is 3.45. The predicted molar refractivity (Wildman–Crippen MR) is 79.4 cm³/mol. The molecule has 0 spiro atoms. The lowest BCUT2D eigenvalue weighted by atomic mass is 10.1. The highest BCUT2D eigenvalue weighted by molar-refractivity contribution is 9.10. The van der Waals surface area contributed by atoms with Gasteiger partial charge >= 0.3 is 0 Å². The summed E-state index contributed by atoms with van der Waals surface area (Å²) in [7, 11) is 1.67. The van der Waals surface area contributed by atoms with E-state index in [1.165, 1.54) is 17.0 Å². The van der Waals surface area contributed by atoms with Crippen molar-refractivity contribution in [3.8, 4) is 5.75 Å². The van der Waals surface area contributed by atoms with Gasteiger partial charge in [-0.3, -0.25) is 4.79 Å². The van der Waals surface area contributed by atoms with Crippen LogP contribution in [-0.4, -0.2) is 18.1 Å². The Morgan fingerprint density at radius 3 is 2.47 bits per heavy atom. The van der Waals surface area contributed by atoms with Crippen molar-refractivity contribution < 1.29 is 9.90 Å². The van der Waals surface area contributed by atoms with Crippen molar-refractivity contribution in [3.05, 3.63) is 52.5 Å². The number of aromatic hydroxyl groups is 1. The quantitative estimate of drug-likeness (QED) is 0.836. The molecule has 0 aromatic heterocycles. The third-order valence-electron chi connectivity index (χ3n) is 2.76. The van der Waals surface area contributed by atoms with Gasteiger partial charge < -0.3 is 15.7 Å². The Bertz CT molecular complexity index is 611. The number of hydrogen-bond acceptors (Lipinski definition) is 3. The molecule has 2 rings (SSSR count). The molecule has 19 heavy (non-hydrogen) atoms. The number of rotatable bonds is 2. The Morgan fingerprint density at radius 1 is 1.21 bits per heavy atom. The van der Waals surface area contributed by atoms with Crippen LogP contribution in [-0.2, 0) is 0 Å². The van der Waals surface area contributed by atoms with Gasteiger partial charge in [-0.25, -0.2) is 0 Å². The van der Waals surface area contributed by atoms with E-state index in [2.05, 4.69) is 15.9 Å². The first-order chi connectivity index (χ1) is 8.99. The number of nitrogen functional groups attached to an aromatic ring is 1. The van der Waals surface area contributed by atoms with E-state index < -0.39 is 0 Å². The van der Waals surface area contributed by atoms with Gasteiger partial charge in [-0.1, -0.05) is 0 Å². The number of nitrogens with two attached hydrogens (primary N) is 1. The van der Waals surface area contributed by atoms with E-state index in [0.717, 1.165) is 0 Å². The van der Waals surface area contributed by atoms with Crippen LogP contribution in [0.4, 0.5) is 11.4 Å². The molecule has 0 aliphatic heterocycles. The number of hydrogen-bond donors (Lipinski definition) is 2. The van der Waals surface area contributed by atoms with Gasteiger partial charge in [0.2, 0.25) is 0 Å². The molecule has 1 amide bonds. The largest absolute Gasteiger partial charge is 0.508 e. The second kappa shape index (κ2) is 5.32. The molecular formula is C14H13BrN2O2. The SMILES string of the molecule is CN(C(=O)c1cc(N)ccc1Br)c1ccc(O)cc1. The molecule has 0 radical (unpaired) electrons. The van der Waals surface area contributed by atoms with Crippen LogP contribution in [0.5, 0.6) is 5.75 Å². The summed E-state index contributed by atoms with van der Waals surface area (Å²) < 4.78 is 0.692. The number of carbonyl (C=O) groups excluding carboxylic acids is 1. The van der Waals surface area contributed by atoms with E-state index in [9.17, 15) is 9.90 Å². The Morgan fingerprint density at radius 2 is 1.84 bits per heavy atom. The van der Waals surface area contributed by atoms with Crippen molar-refractivity contribution in [3.63, 3.8) is 0 Å². The summed E-state index contributed by atoms with van der Waals surface area (Å²) in [6.45, 7) is 0. The van der Waals surface area contributed by atoms with Gasteiger partial charge in [0.05, 0.1) is 5.56 Å². The number of anilines is 2. The van der Waals surface area contributed by atoms with Gasteiger partial charge in [-0.15, -0.1) is 0 Å². The van der Waals surface area contributed by atoms with E-state index in [0.29, 0.717) is 21.4 Å². The molecule has 0 saturated carbocycles. The van der Waals surface area contributed by atoms with E-state index >= 15 is 0 Å². The molecular weight excluding hydrogens is 308 g/mol. The lowest BCUT2D eigenvalue weighted by molar-refractivity contribution is 0.0992. The van der Waals surface area contributed by atoms with Crippen LogP contribution in [0, 0.1) is 0 Å². The van der Waals surface area contributed by atoms with Crippen LogP contribution in [0.2, 0.25) is 0 Å². The summed E-state index contributed by atoms with van der Waals surface area (Å²) in [5.41, 5.74) is 7.42. The molecule has 0 saturated heterocycles. The van der Waals surface area contributed by atoms with Crippen molar-refractivity contribution in [2.24, 2.45) is 0 Å². The van der Waals surface area contributed by atoms with E-state index in [4.69, 9.17) is 5.73 Å². The van der Waals surface area contributed by atoms with E-state index in [-0.39, 0.29) is 11.7 Å². The first kappa shape index (κ1) is 13.4. The fraction of sp³-hybridized carbons (Fsp3) is 0.0714. The zero-order valence-electron chi connectivity index (χ0n) is 10.3. The molecule has 2 aromatic carbocycles. The first-order valence-electron chi connectivity index (χ1n) is 5.61. The van der Waals surface area contributed by atoms with Crippen molar-refractivity contribution >= 4 is 33.2 Å². The van der Waals surface area contributed by atoms with Gasteiger partial charge in [0, 0.05) is 22.9 Å². The average Bonchev–Trinajstić information content (AvgIpc) is 2.41. The number of amides is 1. The minimum absolute atomic E-state index is 0.162. The smallest absolute Gasteiger partial charge is 0.259 e. The maximum Gasteiger partial charge on any atom is 0.259 e. The van der Waals surface area contributed by atoms with Crippen LogP contribution in [0.3, 0.4) is 0 Å². The summed E-state index contributed by atoms with van der Waals surface area (Å²) in [6.07, 6.45) is 0. The molecule has 0 aliphatic rings. The zero-order chi connectivity index (χ0) is 14.0. The van der Waals surface area contributed by atoms with Crippen molar-refractivity contribution in [2.45, 2.75) is 0 Å². The standard InChI is InChI=1S/C14H13BrN2O2/c1-17(10-3-5-11(18)6-4-10)14(19)12-8-9(16)2-7-13(12)15/h2-8,18H,16H2,1H3. The minimum Gasteiger partial charge on any atom is -0.508 e. The number of phenolic OH excluding ortho intramolecular Hbond substituents is 1. The van der Waals surface area contributed by atoms with Gasteiger partial charge in [0.15, 0.2) is 0 Å². The fourth-order valence-electron chi connectivity index (χ4n) is 1.68. The van der Waals surface area contributed by atoms with Crippen LogP contribution >= 0.6 is 15.9 Å². The fourth-order valence-corrected chi connectivity index (χ4v) is 2.10. The highest BCUT2D eigenvalue weighted by atomic mass is 79.9. The topological polar surface area (TPSA) is 66.6 Å². The second-order valence-electron chi connectivity index (χ2n) is 4.12. The molecule has 3 N–H and O–H groups in total. The number of carbonyl (C=O) groups is 1. The van der Waals surface area contributed by atoms with Crippen molar-refractivity contribution in [1.29, 1.82) is 0 Å². The normalized spacial score (nSPS) is 10.2. The summed E-state index contributed by atoms with van der Waals surface area (Å²) in [6, 6.07) is 11.5. The van der Waals surface area contributed by atoms with E-state index in [1.807, 2.05) is 0 Å². The Kier molecular flexibility index (Phi) is 3.76. The van der Waals surface area contributed by atoms with Gasteiger partial charge in [0.1, 0.15) is 5.75 Å². The number of phenols is 1. The van der Waals surface area contributed by atoms with Crippen LogP contribution in [0.1, 0.15) is 10.4 Å². The van der Waals surface area contributed by atoms with Crippen LogP contribution in [0.15, 0.2) is 46.9 Å². The van der Waals surface area contributed by atoms with Crippen LogP contribution in [0.25, 0.3) is 0 Å². The molecule has 0 aliphatic carbocycles. The maximum atomic E-state index is 12.4. The maximum absolute atomic E-state index is 12.4. The summed E-state index contributed by atoms with van der Waals surface area (Å²) in [5.74, 6) is -0.0143. The summed E-state index contributed by atoms with van der Waals surface area (Å²) >= 11 is 3.34. The van der Waals surface area contributed by atoms with Gasteiger partial charge in [-0.05, 0) is 58.4 Å². The zero-order valence-corrected chi connectivity index (χ0v) is 11.9. The summed E-state index contributed by atoms with van der Waals surface area (Å²) in [5, 5.41) is 9.25. The number of nitrogens with zero attached hydrogens (tertiary/aromatic N) is 1. The second-order valence-corrected chi connectivity index (χ2v) is 4.97. The molecule has 98 valence electrons. The molecule has 4 nitrogen and oxygen atoms in total. The van der Waals surface area contributed by atoms with Crippen LogP contribution < -0.4 is 10.6 Å². The molecule has 0 fully saturated rings. The van der Waals surface area contributed by atoms with Gasteiger partial charge in [-0.2, -0.15) is 0 Å². The molecule has 0 bridgehead atoms. The third kappa shape index (κ3) is 2.88. The van der Waals surface area contributed by atoms with E-state index in [1.54, 1.807) is 37.4 Å². The lowest BCUT2D eigenvalue weighted by Crippen LogP contribution is -2.26. The lowest BCUT2D eigenvalue weighted by Gasteiger charge is -2.18. The highest BCUT2D eigenvalue weighted by Crippen LogP contribution is 2.24. The van der Waals surface area contributed by atoms with Crippen molar-refractivity contribution in [2.75, 3.05) is 17.7 Å². The molecule has 0 heterocycles. The Hall–Kier alpha value is -2.01. The average molecular weight is 321 g/mol. The number of benzene rings is 2. The first-order valence-corrected chi connectivity index (χ1v) is 6.40. The molecule has 2 aromatic rings. The predicted octanol–water partition coefficient (Wildman–Crippen LogP) is 3.01. The molecule has 0 unspecified atom stereocenters. The minimum atomic E-state index is -0.176. The Labute approximate surface area is 119 Å². The van der Waals surface area contributed by atoms with Crippen molar-refractivity contribution in [1.82, 2.24) is 0 Å². The molecule has 5 heteroatoms. The monoisotopic (exact) mass is 320 g/mol. The summed E-state index contributed by atoms with van der Waals surface area (Å²) in [4.78, 5) is 13.9.